The third-order valence-electron chi connectivity index (χ3n) is 3.84. The van der Waals surface area contributed by atoms with Crippen LogP contribution in [0.25, 0.3) is 0 Å². The molecule has 0 bridgehead atoms. The Morgan fingerprint density at radius 3 is 2.72 bits per heavy atom. The van der Waals surface area contributed by atoms with E-state index in [4.69, 9.17) is 0 Å². The van der Waals surface area contributed by atoms with Crippen LogP contribution in [0.4, 0.5) is 8.78 Å². The maximum absolute atomic E-state index is 13.9. The summed E-state index contributed by atoms with van der Waals surface area (Å²) in [6.07, 6.45) is 5.45. The molecule has 1 aliphatic carbocycles. The van der Waals surface area contributed by atoms with E-state index in [-0.39, 0.29) is 23.6 Å². The fraction of sp³-hybridized carbons (Fsp3) is 0.600. The van der Waals surface area contributed by atoms with Gasteiger partial charge in [0.25, 0.3) is 0 Å². The first kappa shape index (κ1) is 13.5. The minimum absolute atomic E-state index is 0.100. The van der Waals surface area contributed by atoms with Crippen molar-refractivity contribution in [1.29, 1.82) is 0 Å². The summed E-state index contributed by atoms with van der Waals surface area (Å²) in [6.45, 7) is 2.93. The predicted octanol–water partition coefficient (Wildman–Crippen LogP) is 3.99. The van der Waals surface area contributed by atoms with Crippen LogP contribution in [0.3, 0.4) is 0 Å². The van der Waals surface area contributed by atoms with Crippen molar-refractivity contribution in [3.05, 3.63) is 35.4 Å². The molecule has 3 heteroatoms. The molecule has 0 amide bonds. The zero-order chi connectivity index (χ0) is 13.0. The van der Waals surface area contributed by atoms with Gasteiger partial charge in [0.2, 0.25) is 0 Å². The lowest BCUT2D eigenvalue weighted by Gasteiger charge is -2.26. The molecule has 1 fully saturated rings. The van der Waals surface area contributed by atoms with E-state index in [9.17, 15) is 8.78 Å². The van der Waals surface area contributed by atoms with Crippen LogP contribution in [0.5, 0.6) is 0 Å². The molecular weight excluding hydrogens is 232 g/mol. The molecule has 0 saturated heterocycles. The molecule has 1 N–H and O–H groups in total. The molecule has 100 valence electrons. The number of rotatable bonds is 3. The molecule has 18 heavy (non-hydrogen) atoms. The van der Waals surface area contributed by atoms with Crippen molar-refractivity contribution in [3.63, 3.8) is 0 Å². The van der Waals surface area contributed by atoms with Crippen molar-refractivity contribution in [2.75, 3.05) is 6.54 Å². The van der Waals surface area contributed by atoms with E-state index in [0.29, 0.717) is 5.56 Å². The van der Waals surface area contributed by atoms with Gasteiger partial charge in [0.05, 0.1) is 0 Å². The zero-order valence-corrected chi connectivity index (χ0v) is 10.9. The van der Waals surface area contributed by atoms with Gasteiger partial charge in [0.15, 0.2) is 0 Å². The molecule has 2 atom stereocenters. The average Bonchev–Trinajstić information content (AvgIpc) is 2.58. The van der Waals surface area contributed by atoms with Gasteiger partial charge in [0, 0.05) is 12.0 Å². The van der Waals surface area contributed by atoms with Gasteiger partial charge in [-0.05, 0) is 43.1 Å². The summed E-state index contributed by atoms with van der Waals surface area (Å²) in [5, 5.41) is 3.43. The molecule has 0 aliphatic heterocycles. The quantitative estimate of drug-likeness (QED) is 0.803. The molecular formula is C15H21F2N. The monoisotopic (exact) mass is 253 g/mol. The molecule has 0 spiro atoms. The Morgan fingerprint density at radius 1 is 1.17 bits per heavy atom. The van der Waals surface area contributed by atoms with Crippen molar-refractivity contribution >= 4 is 0 Å². The van der Waals surface area contributed by atoms with Gasteiger partial charge in [-0.3, -0.25) is 0 Å². The van der Waals surface area contributed by atoms with Gasteiger partial charge in [0.1, 0.15) is 11.6 Å². The van der Waals surface area contributed by atoms with Gasteiger partial charge >= 0.3 is 0 Å². The molecule has 1 nitrogen and oxygen atoms in total. The van der Waals surface area contributed by atoms with E-state index in [0.717, 1.165) is 25.8 Å². The number of hydrogen-bond acceptors (Lipinski definition) is 1. The van der Waals surface area contributed by atoms with Gasteiger partial charge < -0.3 is 5.32 Å². The number of halogens is 2. The summed E-state index contributed by atoms with van der Waals surface area (Å²) >= 11 is 0. The van der Waals surface area contributed by atoms with E-state index >= 15 is 0 Å². The zero-order valence-electron chi connectivity index (χ0n) is 10.9. The first-order valence-electron chi connectivity index (χ1n) is 6.90. The molecule has 0 aromatic heterocycles. The molecule has 2 unspecified atom stereocenters. The third kappa shape index (κ3) is 3.08. The van der Waals surface area contributed by atoms with Crippen molar-refractivity contribution in [2.24, 2.45) is 0 Å². The molecule has 1 aromatic carbocycles. The van der Waals surface area contributed by atoms with Gasteiger partial charge in [-0.1, -0.05) is 26.2 Å². The van der Waals surface area contributed by atoms with Crippen LogP contribution in [0.1, 0.15) is 50.5 Å². The normalized spacial score (nSPS) is 24.8. The highest BCUT2D eigenvalue weighted by atomic mass is 19.1. The lowest BCUT2D eigenvalue weighted by Crippen LogP contribution is -2.34. The highest BCUT2D eigenvalue weighted by Crippen LogP contribution is 2.33. The van der Waals surface area contributed by atoms with Gasteiger partial charge in [-0.25, -0.2) is 8.78 Å². The highest BCUT2D eigenvalue weighted by molar-refractivity contribution is 5.24. The van der Waals surface area contributed by atoms with Crippen LogP contribution in [0.15, 0.2) is 18.2 Å². The standard InChI is InChI=1S/C15H21F2N/c1-2-18-15-7-5-3-4-6-12(15)13-10-11(16)8-9-14(13)17/h8-10,12,15,18H,2-7H2,1H3. The van der Waals surface area contributed by atoms with Crippen molar-refractivity contribution in [3.8, 4) is 0 Å². The van der Waals surface area contributed by atoms with Crippen molar-refractivity contribution in [1.82, 2.24) is 5.32 Å². The second-order valence-corrected chi connectivity index (χ2v) is 5.07. The Bertz CT molecular complexity index is 392. The summed E-state index contributed by atoms with van der Waals surface area (Å²) in [6, 6.07) is 4.08. The number of nitrogens with one attached hydrogen (secondary N) is 1. The van der Waals surface area contributed by atoms with Gasteiger partial charge in [-0.15, -0.1) is 0 Å². The predicted molar refractivity (Wildman–Crippen MR) is 69.6 cm³/mol. The second kappa shape index (κ2) is 6.28. The maximum atomic E-state index is 13.9. The highest BCUT2D eigenvalue weighted by Gasteiger charge is 2.26. The molecule has 2 rings (SSSR count). The van der Waals surface area contributed by atoms with Crippen LogP contribution in [-0.2, 0) is 0 Å². The summed E-state index contributed by atoms with van der Waals surface area (Å²) in [5.41, 5.74) is 0.544. The van der Waals surface area contributed by atoms with Crippen molar-refractivity contribution in [2.45, 2.75) is 51.0 Å². The summed E-state index contributed by atoms with van der Waals surface area (Å²) in [4.78, 5) is 0. The number of hydrogen-bond donors (Lipinski definition) is 1. The van der Waals surface area contributed by atoms with E-state index < -0.39 is 0 Å². The smallest absolute Gasteiger partial charge is 0.126 e. The number of likely N-dealkylation sites (N-methyl/N-ethyl adjacent to an activating group) is 1. The first-order chi connectivity index (χ1) is 8.72. The second-order valence-electron chi connectivity index (χ2n) is 5.07. The summed E-state index contributed by atoms with van der Waals surface area (Å²) < 4.78 is 27.2. The Kier molecular flexibility index (Phi) is 4.70. The van der Waals surface area contributed by atoms with Crippen LogP contribution < -0.4 is 5.32 Å². The Balaban J connectivity index is 2.28. The summed E-state index contributed by atoms with van der Waals surface area (Å²) in [7, 11) is 0. The Hall–Kier alpha value is -0.960. The van der Waals surface area contributed by atoms with E-state index in [1.807, 2.05) is 0 Å². The molecule has 0 radical (unpaired) electrons. The minimum Gasteiger partial charge on any atom is -0.314 e. The lowest BCUT2D eigenvalue weighted by atomic mass is 9.87. The van der Waals surface area contributed by atoms with E-state index in [1.54, 1.807) is 0 Å². The largest absolute Gasteiger partial charge is 0.314 e. The van der Waals surface area contributed by atoms with Crippen LogP contribution in [-0.4, -0.2) is 12.6 Å². The lowest BCUT2D eigenvalue weighted by molar-refractivity contribution is 0.406. The minimum atomic E-state index is -0.342. The maximum Gasteiger partial charge on any atom is 0.126 e. The fourth-order valence-corrected chi connectivity index (χ4v) is 2.99. The topological polar surface area (TPSA) is 12.0 Å². The first-order valence-corrected chi connectivity index (χ1v) is 6.90. The van der Waals surface area contributed by atoms with E-state index in [1.165, 1.54) is 31.0 Å². The van der Waals surface area contributed by atoms with Crippen LogP contribution in [0, 0.1) is 11.6 Å². The third-order valence-corrected chi connectivity index (χ3v) is 3.84. The SMILES string of the molecule is CCNC1CCCCCC1c1cc(F)ccc1F. The van der Waals surface area contributed by atoms with Crippen molar-refractivity contribution < 1.29 is 8.78 Å². The molecule has 1 aromatic rings. The Labute approximate surface area is 108 Å². The van der Waals surface area contributed by atoms with E-state index in [2.05, 4.69) is 12.2 Å². The van der Waals surface area contributed by atoms with Crippen LogP contribution >= 0.6 is 0 Å². The molecule has 0 heterocycles. The number of benzene rings is 1. The molecule has 1 saturated carbocycles. The fourth-order valence-electron chi connectivity index (χ4n) is 2.99. The van der Waals surface area contributed by atoms with Crippen LogP contribution in [0.2, 0.25) is 0 Å². The average molecular weight is 253 g/mol. The van der Waals surface area contributed by atoms with Gasteiger partial charge in [-0.2, -0.15) is 0 Å². The Morgan fingerprint density at radius 2 is 1.94 bits per heavy atom. The summed E-state index contributed by atoms with van der Waals surface area (Å²) in [5.74, 6) is -0.514. The molecule has 1 aliphatic rings.